The number of benzene rings is 1. The molecule has 4 heteroatoms. The van der Waals surface area contributed by atoms with E-state index in [9.17, 15) is 0 Å². The molecule has 0 fully saturated rings. The molecule has 1 aromatic carbocycles. The van der Waals surface area contributed by atoms with Gasteiger partial charge in [-0.1, -0.05) is 24.3 Å². The smallest absolute Gasteiger partial charge is 0.0422 e. The lowest BCUT2D eigenvalue weighted by molar-refractivity contribution is 1.37. The molecule has 2 nitrogen and oxygen atoms in total. The predicted molar refractivity (Wildman–Crippen MR) is 104 cm³/mol. The zero-order valence-electron chi connectivity index (χ0n) is 12.6. The summed E-state index contributed by atoms with van der Waals surface area (Å²) in [4.78, 5) is 11.0. The third-order valence-electron chi connectivity index (χ3n) is 4.21. The molecule has 0 amide bonds. The highest BCUT2D eigenvalue weighted by atomic mass is 32.1. The van der Waals surface area contributed by atoms with Gasteiger partial charge in [0, 0.05) is 66.8 Å². The summed E-state index contributed by atoms with van der Waals surface area (Å²) in [6.07, 6.45) is 7.57. The van der Waals surface area contributed by atoms with Crippen molar-refractivity contribution in [2.75, 3.05) is 0 Å². The Kier molecular flexibility index (Phi) is 3.18. The third kappa shape index (κ3) is 2.15. The highest BCUT2D eigenvalue weighted by molar-refractivity contribution is 7.15. The van der Waals surface area contributed by atoms with Gasteiger partial charge in [0.1, 0.15) is 0 Å². The highest BCUT2D eigenvalue weighted by Gasteiger charge is 2.09. The van der Waals surface area contributed by atoms with Gasteiger partial charge in [-0.2, -0.15) is 0 Å². The topological polar surface area (TPSA) is 25.8 Å². The van der Waals surface area contributed by atoms with Gasteiger partial charge in [0.25, 0.3) is 0 Å². The Hall–Kier alpha value is -2.56. The minimum atomic E-state index is 1.21. The molecule has 4 heterocycles. The van der Waals surface area contributed by atoms with Crippen molar-refractivity contribution in [1.29, 1.82) is 0 Å². The highest BCUT2D eigenvalue weighted by Crippen LogP contribution is 2.38. The van der Waals surface area contributed by atoms with Crippen LogP contribution < -0.4 is 0 Å². The van der Waals surface area contributed by atoms with Crippen LogP contribution in [0.3, 0.4) is 0 Å². The molecule has 5 rings (SSSR count). The summed E-state index contributed by atoms with van der Waals surface area (Å²) >= 11 is 3.55. The fourth-order valence-corrected chi connectivity index (χ4v) is 5.04. The number of nitrogens with zero attached hydrogens (tertiary/aromatic N) is 2. The van der Waals surface area contributed by atoms with Crippen LogP contribution in [-0.4, -0.2) is 9.97 Å². The molecule has 0 aliphatic heterocycles. The van der Waals surface area contributed by atoms with Crippen LogP contribution in [0, 0.1) is 0 Å². The number of hydrogen-bond donors (Lipinski definition) is 0. The van der Waals surface area contributed by atoms with E-state index < -0.39 is 0 Å². The Balaban J connectivity index is 1.60. The second-order valence-electron chi connectivity index (χ2n) is 5.63. The van der Waals surface area contributed by atoms with Crippen molar-refractivity contribution in [3.05, 3.63) is 71.9 Å². The maximum absolute atomic E-state index is 4.20. The summed E-state index contributed by atoms with van der Waals surface area (Å²) in [6.45, 7) is 0. The molecule has 0 saturated carbocycles. The predicted octanol–water partition coefficient (Wildman–Crippen LogP) is 6.24. The number of pyridine rings is 2. The first-order valence-corrected chi connectivity index (χ1v) is 9.39. The number of rotatable bonds is 2. The summed E-state index contributed by atoms with van der Waals surface area (Å²) in [5.41, 5.74) is 2.51. The molecule has 114 valence electrons. The fourth-order valence-electron chi connectivity index (χ4n) is 3.01. The molecule has 0 atom stereocenters. The van der Waals surface area contributed by atoms with Crippen molar-refractivity contribution in [2.24, 2.45) is 0 Å². The van der Waals surface area contributed by atoms with E-state index in [1.54, 1.807) is 22.7 Å². The standard InChI is InChI=1S/C20H12N2S2/c1-2-14(20-18-6-8-22-10-16(18)12-24-20)4-3-13(1)19-17-5-7-21-9-15(17)11-23-19/h1-12H. The van der Waals surface area contributed by atoms with Gasteiger partial charge >= 0.3 is 0 Å². The molecule has 0 aliphatic carbocycles. The first-order valence-electron chi connectivity index (χ1n) is 7.63. The first-order chi connectivity index (χ1) is 11.9. The van der Waals surface area contributed by atoms with E-state index in [2.05, 4.69) is 57.1 Å². The number of hydrogen-bond acceptors (Lipinski definition) is 4. The number of aromatic nitrogens is 2. The summed E-state index contributed by atoms with van der Waals surface area (Å²) in [5, 5.41) is 9.30. The van der Waals surface area contributed by atoms with E-state index >= 15 is 0 Å². The van der Waals surface area contributed by atoms with Gasteiger partial charge in [-0.3, -0.25) is 9.97 Å². The van der Waals surface area contributed by atoms with Gasteiger partial charge in [0.05, 0.1) is 0 Å². The summed E-state index contributed by atoms with van der Waals surface area (Å²) in [7, 11) is 0. The van der Waals surface area contributed by atoms with Crippen molar-refractivity contribution in [3.63, 3.8) is 0 Å². The van der Waals surface area contributed by atoms with Gasteiger partial charge in [-0.15, -0.1) is 22.7 Å². The SMILES string of the molecule is c1cc2c(-c3ccc(-c4scc5cnccc45)cc3)scc2cn1. The monoisotopic (exact) mass is 344 g/mol. The first kappa shape index (κ1) is 13.8. The van der Waals surface area contributed by atoms with Gasteiger partial charge < -0.3 is 0 Å². The van der Waals surface area contributed by atoms with Gasteiger partial charge in [0.15, 0.2) is 0 Å². The molecule has 0 spiro atoms. The largest absolute Gasteiger partial charge is 0.264 e. The Morgan fingerprint density at radius 1 is 0.583 bits per heavy atom. The molecule has 0 bridgehead atoms. The Morgan fingerprint density at radius 3 is 1.50 bits per heavy atom. The minimum absolute atomic E-state index is 1.21. The Morgan fingerprint density at radius 2 is 1.04 bits per heavy atom. The van der Waals surface area contributed by atoms with E-state index in [1.165, 1.54) is 42.4 Å². The van der Waals surface area contributed by atoms with Crippen LogP contribution in [0.2, 0.25) is 0 Å². The fraction of sp³-hybridized carbons (Fsp3) is 0. The summed E-state index contributed by atoms with van der Waals surface area (Å²) < 4.78 is 0. The molecule has 24 heavy (non-hydrogen) atoms. The number of fused-ring (bicyclic) bond motifs is 2. The van der Waals surface area contributed by atoms with Crippen molar-refractivity contribution in [1.82, 2.24) is 9.97 Å². The minimum Gasteiger partial charge on any atom is -0.264 e. The second-order valence-corrected chi connectivity index (χ2v) is 7.39. The summed E-state index contributed by atoms with van der Waals surface area (Å²) in [5.74, 6) is 0. The maximum atomic E-state index is 4.20. The normalized spacial score (nSPS) is 11.3. The van der Waals surface area contributed by atoms with Crippen LogP contribution in [0.15, 0.2) is 71.9 Å². The van der Waals surface area contributed by atoms with Crippen molar-refractivity contribution in [3.8, 4) is 20.9 Å². The molecular weight excluding hydrogens is 332 g/mol. The molecule has 0 saturated heterocycles. The van der Waals surface area contributed by atoms with Crippen molar-refractivity contribution < 1.29 is 0 Å². The molecular formula is C20H12N2S2. The average Bonchev–Trinajstić information content (AvgIpc) is 3.26. The Labute approximate surface area is 147 Å². The van der Waals surface area contributed by atoms with E-state index in [-0.39, 0.29) is 0 Å². The average molecular weight is 344 g/mol. The van der Waals surface area contributed by atoms with Crippen molar-refractivity contribution in [2.45, 2.75) is 0 Å². The molecule has 0 aliphatic rings. The van der Waals surface area contributed by atoms with E-state index in [0.717, 1.165) is 0 Å². The maximum Gasteiger partial charge on any atom is 0.0422 e. The molecule has 0 radical (unpaired) electrons. The molecule has 0 N–H and O–H groups in total. The molecule has 4 aromatic heterocycles. The van der Waals surface area contributed by atoms with Crippen LogP contribution in [0.5, 0.6) is 0 Å². The zero-order valence-corrected chi connectivity index (χ0v) is 14.3. The zero-order chi connectivity index (χ0) is 15.9. The van der Waals surface area contributed by atoms with Crippen molar-refractivity contribution >= 4 is 44.2 Å². The van der Waals surface area contributed by atoms with E-state index in [4.69, 9.17) is 0 Å². The Bertz CT molecular complexity index is 1060. The van der Waals surface area contributed by atoms with Crippen LogP contribution >= 0.6 is 22.7 Å². The molecule has 5 aromatic rings. The van der Waals surface area contributed by atoms with Gasteiger partial charge in [-0.25, -0.2) is 0 Å². The van der Waals surface area contributed by atoms with Crippen LogP contribution in [0.25, 0.3) is 42.4 Å². The number of thiophene rings is 2. The lowest BCUT2D eigenvalue weighted by atomic mass is 10.1. The van der Waals surface area contributed by atoms with E-state index in [0.29, 0.717) is 0 Å². The van der Waals surface area contributed by atoms with E-state index in [1.807, 2.05) is 24.8 Å². The van der Waals surface area contributed by atoms with Crippen LogP contribution in [0.1, 0.15) is 0 Å². The van der Waals surface area contributed by atoms with Crippen LogP contribution in [0.4, 0.5) is 0 Å². The third-order valence-corrected chi connectivity index (χ3v) is 6.34. The lowest BCUT2D eigenvalue weighted by Gasteiger charge is -2.03. The lowest BCUT2D eigenvalue weighted by Crippen LogP contribution is -1.78. The summed E-state index contributed by atoms with van der Waals surface area (Å²) in [6, 6.07) is 13.0. The van der Waals surface area contributed by atoms with Crippen LogP contribution in [-0.2, 0) is 0 Å². The molecule has 0 unspecified atom stereocenters. The van der Waals surface area contributed by atoms with Gasteiger partial charge in [-0.05, 0) is 23.3 Å². The second kappa shape index (κ2) is 5.51. The van der Waals surface area contributed by atoms with Gasteiger partial charge in [0.2, 0.25) is 0 Å². The quantitative estimate of drug-likeness (QED) is 0.379.